The number of pyridine rings is 1. The van der Waals surface area contributed by atoms with Crippen LogP contribution in [0.3, 0.4) is 0 Å². The predicted molar refractivity (Wildman–Crippen MR) is 90.6 cm³/mol. The second kappa shape index (κ2) is 8.44. The number of carbonyl (C=O) groups is 1. The highest BCUT2D eigenvalue weighted by atomic mass is 32.2. The molecule has 0 saturated carbocycles. The average Bonchev–Trinajstić information content (AvgIpc) is 2.55. The van der Waals surface area contributed by atoms with Crippen molar-refractivity contribution in [3.05, 3.63) is 48.2 Å². The minimum absolute atomic E-state index is 0.0231. The first-order chi connectivity index (χ1) is 10.7. The summed E-state index contributed by atoms with van der Waals surface area (Å²) in [6.45, 7) is 2.57. The van der Waals surface area contributed by atoms with Crippen LogP contribution in [0.4, 0.5) is 5.69 Å². The summed E-state index contributed by atoms with van der Waals surface area (Å²) in [6, 6.07) is 11.6. The van der Waals surface area contributed by atoms with E-state index in [1.165, 1.54) is 0 Å². The normalized spacial score (nSPS) is 10.3. The Hall–Kier alpha value is -2.01. The van der Waals surface area contributed by atoms with Crippen molar-refractivity contribution in [1.82, 2.24) is 4.98 Å². The molecule has 5 heteroatoms. The van der Waals surface area contributed by atoms with Gasteiger partial charge in [0.25, 0.3) is 0 Å². The molecule has 0 aliphatic rings. The molecule has 0 aliphatic heterocycles. The van der Waals surface area contributed by atoms with E-state index in [1.807, 2.05) is 49.6 Å². The highest BCUT2D eigenvalue weighted by Crippen LogP contribution is 2.20. The Balaban J connectivity index is 1.89. The van der Waals surface area contributed by atoms with Crippen LogP contribution in [-0.4, -0.2) is 23.8 Å². The van der Waals surface area contributed by atoms with Crippen molar-refractivity contribution in [2.75, 3.05) is 18.2 Å². The zero-order valence-corrected chi connectivity index (χ0v) is 13.7. The van der Waals surface area contributed by atoms with Gasteiger partial charge in [-0.15, -0.1) is 11.8 Å². The molecule has 0 bridgehead atoms. The molecule has 1 heterocycles. The van der Waals surface area contributed by atoms with Gasteiger partial charge in [0, 0.05) is 6.42 Å². The van der Waals surface area contributed by atoms with Gasteiger partial charge in [0.2, 0.25) is 5.91 Å². The minimum atomic E-state index is -0.0231. The zero-order valence-electron chi connectivity index (χ0n) is 12.8. The average molecular weight is 316 g/mol. The Kier molecular flexibility index (Phi) is 6.27. The highest BCUT2D eigenvalue weighted by Gasteiger charge is 2.07. The van der Waals surface area contributed by atoms with Gasteiger partial charge in [-0.3, -0.25) is 4.79 Å². The summed E-state index contributed by atoms with van der Waals surface area (Å²) in [5.74, 6) is 0.828. The number of carbonyl (C=O) groups excluding carboxylic acids is 1. The summed E-state index contributed by atoms with van der Waals surface area (Å²) in [5.41, 5.74) is 1.77. The molecule has 0 fully saturated rings. The molecule has 0 atom stereocenters. The SMILES string of the molecule is CCOc1ccccc1CCC(=O)Nc1ccc(SC)nc1. The number of aromatic nitrogens is 1. The van der Waals surface area contributed by atoms with Crippen LogP contribution in [0.2, 0.25) is 0 Å². The molecular formula is C17H20N2O2S. The van der Waals surface area contributed by atoms with Gasteiger partial charge in [-0.25, -0.2) is 4.98 Å². The molecule has 4 nitrogen and oxygen atoms in total. The molecule has 0 spiro atoms. The number of benzene rings is 1. The smallest absolute Gasteiger partial charge is 0.224 e. The van der Waals surface area contributed by atoms with Crippen molar-refractivity contribution in [3.63, 3.8) is 0 Å². The number of amides is 1. The summed E-state index contributed by atoms with van der Waals surface area (Å²) >= 11 is 1.57. The standard InChI is InChI=1S/C17H20N2O2S/c1-3-21-15-7-5-4-6-13(15)8-10-16(20)19-14-9-11-17(22-2)18-12-14/h4-7,9,11-12H,3,8,10H2,1-2H3,(H,19,20). The van der Waals surface area contributed by atoms with Gasteiger partial charge in [-0.05, 0) is 43.4 Å². The summed E-state index contributed by atoms with van der Waals surface area (Å²) in [5, 5.41) is 3.80. The van der Waals surface area contributed by atoms with E-state index in [9.17, 15) is 4.79 Å². The number of nitrogens with one attached hydrogen (secondary N) is 1. The maximum atomic E-state index is 12.0. The Labute approximate surface area is 135 Å². The fourth-order valence-corrected chi connectivity index (χ4v) is 2.42. The van der Waals surface area contributed by atoms with E-state index < -0.39 is 0 Å². The topological polar surface area (TPSA) is 51.2 Å². The van der Waals surface area contributed by atoms with Crippen molar-refractivity contribution in [3.8, 4) is 5.75 Å². The number of anilines is 1. The van der Waals surface area contributed by atoms with Gasteiger partial charge in [-0.2, -0.15) is 0 Å². The molecule has 116 valence electrons. The molecule has 0 unspecified atom stereocenters. The highest BCUT2D eigenvalue weighted by molar-refractivity contribution is 7.98. The quantitative estimate of drug-likeness (QED) is 0.790. The maximum Gasteiger partial charge on any atom is 0.224 e. The van der Waals surface area contributed by atoms with Crippen molar-refractivity contribution < 1.29 is 9.53 Å². The number of hydrogen-bond donors (Lipinski definition) is 1. The number of nitrogens with zero attached hydrogens (tertiary/aromatic N) is 1. The van der Waals surface area contributed by atoms with Crippen LogP contribution >= 0.6 is 11.8 Å². The van der Waals surface area contributed by atoms with Gasteiger partial charge in [0.15, 0.2) is 0 Å². The maximum absolute atomic E-state index is 12.0. The fraction of sp³-hybridized carbons (Fsp3) is 0.294. The summed E-state index contributed by atoms with van der Waals surface area (Å²) < 4.78 is 5.57. The van der Waals surface area contributed by atoms with Gasteiger partial charge >= 0.3 is 0 Å². The molecule has 1 amide bonds. The lowest BCUT2D eigenvalue weighted by molar-refractivity contribution is -0.116. The Bertz CT molecular complexity index is 614. The van der Waals surface area contributed by atoms with E-state index >= 15 is 0 Å². The lowest BCUT2D eigenvalue weighted by atomic mass is 10.1. The van der Waals surface area contributed by atoms with Gasteiger partial charge in [0.05, 0.1) is 23.5 Å². The molecule has 0 saturated heterocycles. The number of aryl methyl sites for hydroxylation is 1. The van der Waals surface area contributed by atoms with E-state index in [-0.39, 0.29) is 5.91 Å². The fourth-order valence-electron chi connectivity index (χ4n) is 2.05. The summed E-state index contributed by atoms with van der Waals surface area (Å²) in [4.78, 5) is 16.3. The van der Waals surface area contributed by atoms with Crippen LogP contribution in [0.1, 0.15) is 18.9 Å². The Morgan fingerprint density at radius 1 is 1.27 bits per heavy atom. The largest absolute Gasteiger partial charge is 0.494 e. The second-order valence-electron chi connectivity index (χ2n) is 4.68. The lowest BCUT2D eigenvalue weighted by Crippen LogP contribution is -2.12. The van der Waals surface area contributed by atoms with Gasteiger partial charge in [0.1, 0.15) is 5.75 Å². The third-order valence-corrected chi connectivity index (χ3v) is 3.78. The molecule has 0 radical (unpaired) electrons. The van der Waals surface area contributed by atoms with Crippen molar-refractivity contribution in [1.29, 1.82) is 0 Å². The number of rotatable bonds is 7. The molecule has 1 aromatic heterocycles. The minimum Gasteiger partial charge on any atom is -0.494 e. The van der Waals surface area contributed by atoms with Crippen molar-refractivity contribution in [2.24, 2.45) is 0 Å². The second-order valence-corrected chi connectivity index (χ2v) is 5.50. The lowest BCUT2D eigenvalue weighted by Gasteiger charge is -2.10. The predicted octanol–water partition coefficient (Wildman–Crippen LogP) is 3.77. The van der Waals surface area contributed by atoms with E-state index in [2.05, 4.69) is 10.3 Å². The first-order valence-corrected chi connectivity index (χ1v) is 8.46. The van der Waals surface area contributed by atoms with E-state index in [0.29, 0.717) is 19.4 Å². The number of hydrogen-bond acceptors (Lipinski definition) is 4. The van der Waals surface area contributed by atoms with Crippen molar-refractivity contribution in [2.45, 2.75) is 24.8 Å². The van der Waals surface area contributed by atoms with Crippen molar-refractivity contribution >= 4 is 23.4 Å². The first kappa shape index (κ1) is 16.4. The van der Waals surface area contributed by atoms with Gasteiger partial charge < -0.3 is 10.1 Å². The Morgan fingerprint density at radius 3 is 2.77 bits per heavy atom. The number of ether oxygens (including phenoxy) is 1. The number of para-hydroxylation sites is 1. The molecule has 1 N–H and O–H groups in total. The van der Waals surface area contributed by atoms with Crippen LogP contribution in [0.25, 0.3) is 0 Å². The molecular weight excluding hydrogens is 296 g/mol. The molecule has 2 aromatic rings. The van der Waals surface area contributed by atoms with E-state index in [4.69, 9.17) is 4.74 Å². The van der Waals surface area contributed by atoms with Crippen LogP contribution in [0.5, 0.6) is 5.75 Å². The molecule has 1 aromatic carbocycles. The molecule has 0 aliphatic carbocycles. The zero-order chi connectivity index (χ0) is 15.8. The van der Waals surface area contributed by atoms with E-state index in [0.717, 1.165) is 22.0 Å². The molecule has 2 rings (SSSR count). The van der Waals surface area contributed by atoms with Gasteiger partial charge in [-0.1, -0.05) is 18.2 Å². The van der Waals surface area contributed by atoms with Crippen LogP contribution in [0.15, 0.2) is 47.6 Å². The van der Waals surface area contributed by atoms with Crippen LogP contribution in [-0.2, 0) is 11.2 Å². The van der Waals surface area contributed by atoms with Crippen LogP contribution < -0.4 is 10.1 Å². The number of thioether (sulfide) groups is 1. The molecule has 22 heavy (non-hydrogen) atoms. The van der Waals surface area contributed by atoms with Crippen LogP contribution in [0, 0.1) is 0 Å². The van der Waals surface area contributed by atoms with E-state index in [1.54, 1.807) is 18.0 Å². The Morgan fingerprint density at radius 2 is 2.09 bits per heavy atom. The summed E-state index contributed by atoms with van der Waals surface area (Å²) in [6.07, 6.45) is 4.71. The first-order valence-electron chi connectivity index (χ1n) is 7.23. The monoisotopic (exact) mass is 316 g/mol. The third-order valence-electron chi connectivity index (χ3n) is 3.12. The summed E-state index contributed by atoms with van der Waals surface area (Å²) in [7, 11) is 0. The third kappa shape index (κ3) is 4.77.